The highest BCUT2D eigenvalue weighted by atomic mass is 16.5. The average molecular weight is 299 g/mol. The molecule has 0 saturated carbocycles. The standard InChI is InChI=1S/C16H17N3O3/c1-8-5-11(17-7-8)15-18-13-10-6-9(21-2)3-4-12(10)22-14(13)16(20)19-15/h3-4,6,8,11,17H,5,7H2,1-2H3,(H,18,19,20)/t8-,11-/m0/s1. The molecule has 114 valence electrons. The summed E-state index contributed by atoms with van der Waals surface area (Å²) in [7, 11) is 1.61. The fourth-order valence-electron chi connectivity index (χ4n) is 3.06. The van der Waals surface area contributed by atoms with Crippen LogP contribution < -0.4 is 15.6 Å². The number of H-pyrrole nitrogens is 1. The summed E-state index contributed by atoms with van der Waals surface area (Å²) in [5.41, 5.74) is 1.25. The van der Waals surface area contributed by atoms with Gasteiger partial charge in [-0.05, 0) is 37.1 Å². The van der Waals surface area contributed by atoms with Crippen molar-refractivity contribution in [3.63, 3.8) is 0 Å². The number of aromatic nitrogens is 2. The van der Waals surface area contributed by atoms with Crippen molar-refractivity contribution in [3.05, 3.63) is 34.4 Å². The van der Waals surface area contributed by atoms with Gasteiger partial charge in [-0.15, -0.1) is 0 Å². The maximum Gasteiger partial charge on any atom is 0.294 e. The summed E-state index contributed by atoms with van der Waals surface area (Å²) in [5.74, 6) is 1.96. The maximum absolute atomic E-state index is 12.3. The molecule has 0 aliphatic carbocycles. The van der Waals surface area contributed by atoms with E-state index in [-0.39, 0.29) is 17.2 Å². The molecule has 3 aromatic rings. The van der Waals surface area contributed by atoms with Crippen LogP contribution in [0.2, 0.25) is 0 Å². The largest absolute Gasteiger partial charge is 0.497 e. The lowest BCUT2D eigenvalue weighted by molar-refractivity contribution is 0.415. The lowest BCUT2D eigenvalue weighted by Gasteiger charge is -2.08. The first-order valence-electron chi connectivity index (χ1n) is 7.39. The molecule has 6 nitrogen and oxygen atoms in total. The van der Waals surface area contributed by atoms with Gasteiger partial charge in [-0.2, -0.15) is 0 Å². The van der Waals surface area contributed by atoms with Crippen molar-refractivity contribution in [1.82, 2.24) is 15.3 Å². The minimum Gasteiger partial charge on any atom is -0.497 e. The van der Waals surface area contributed by atoms with E-state index in [1.165, 1.54) is 0 Å². The molecule has 1 saturated heterocycles. The molecule has 2 aromatic heterocycles. The molecule has 6 heteroatoms. The number of fused-ring (bicyclic) bond motifs is 3. The molecule has 1 fully saturated rings. The molecular weight excluding hydrogens is 282 g/mol. The highest BCUT2D eigenvalue weighted by Crippen LogP contribution is 2.30. The number of rotatable bonds is 2. The van der Waals surface area contributed by atoms with Crippen molar-refractivity contribution < 1.29 is 9.15 Å². The Morgan fingerprint density at radius 3 is 3.00 bits per heavy atom. The first-order chi connectivity index (χ1) is 10.7. The third-order valence-corrected chi connectivity index (χ3v) is 4.23. The summed E-state index contributed by atoms with van der Waals surface area (Å²) >= 11 is 0. The van der Waals surface area contributed by atoms with E-state index in [2.05, 4.69) is 22.2 Å². The first kappa shape index (κ1) is 13.3. The molecule has 2 N–H and O–H groups in total. The van der Waals surface area contributed by atoms with Crippen LogP contribution >= 0.6 is 0 Å². The number of methoxy groups -OCH3 is 1. The SMILES string of the molecule is COc1ccc2oc3c(=O)[nH]c([C@@H]4C[C@H](C)CN4)nc3c2c1. The van der Waals surface area contributed by atoms with Crippen molar-refractivity contribution >= 4 is 22.1 Å². The average Bonchev–Trinajstić information content (AvgIpc) is 3.11. The second-order valence-corrected chi connectivity index (χ2v) is 5.89. The van der Waals surface area contributed by atoms with E-state index in [9.17, 15) is 4.79 Å². The van der Waals surface area contributed by atoms with Crippen molar-refractivity contribution in [3.8, 4) is 5.75 Å². The normalized spacial score (nSPS) is 21.7. The van der Waals surface area contributed by atoms with Gasteiger partial charge in [-0.1, -0.05) is 6.92 Å². The number of hydrogen-bond donors (Lipinski definition) is 2. The highest BCUT2D eigenvalue weighted by Gasteiger charge is 2.25. The minimum absolute atomic E-state index is 0.0858. The number of nitrogens with zero attached hydrogens (tertiary/aromatic N) is 1. The summed E-state index contributed by atoms with van der Waals surface area (Å²) in [6.45, 7) is 3.12. The van der Waals surface area contributed by atoms with Gasteiger partial charge >= 0.3 is 0 Å². The van der Waals surface area contributed by atoms with E-state index >= 15 is 0 Å². The zero-order chi connectivity index (χ0) is 15.3. The Labute approximate surface area is 126 Å². The molecule has 4 rings (SSSR count). The van der Waals surface area contributed by atoms with Crippen LogP contribution in [0.25, 0.3) is 22.1 Å². The van der Waals surface area contributed by atoms with Crippen LogP contribution in [-0.2, 0) is 0 Å². The molecule has 0 spiro atoms. The van der Waals surface area contributed by atoms with E-state index in [1.54, 1.807) is 19.2 Å². The van der Waals surface area contributed by atoms with E-state index in [4.69, 9.17) is 9.15 Å². The third-order valence-electron chi connectivity index (χ3n) is 4.23. The van der Waals surface area contributed by atoms with Crippen LogP contribution in [0.3, 0.4) is 0 Å². The van der Waals surface area contributed by atoms with Gasteiger partial charge in [0.15, 0.2) is 0 Å². The highest BCUT2D eigenvalue weighted by molar-refractivity contribution is 6.02. The maximum atomic E-state index is 12.3. The van der Waals surface area contributed by atoms with Gasteiger partial charge in [0, 0.05) is 0 Å². The van der Waals surface area contributed by atoms with Gasteiger partial charge in [-0.25, -0.2) is 4.98 Å². The Bertz CT molecular complexity index is 912. The lowest BCUT2D eigenvalue weighted by atomic mass is 10.1. The molecule has 2 atom stereocenters. The summed E-state index contributed by atoms with van der Waals surface area (Å²) in [6, 6.07) is 5.54. The van der Waals surface area contributed by atoms with E-state index in [0.717, 1.165) is 18.4 Å². The van der Waals surface area contributed by atoms with E-state index in [0.29, 0.717) is 28.6 Å². The quantitative estimate of drug-likeness (QED) is 0.759. The number of ether oxygens (including phenoxy) is 1. The zero-order valence-corrected chi connectivity index (χ0v) is 12.5. The van der Waals surface area contributed by atoms with E-state index < -0.39 is 0 Å². The van der Waals surface area contributed by atoms with Gasteiger partial charge < -0.3 is 19.5 Å². The van der Waals surface area contributed by atoms with Crippen LogP contribution in [0.15, 0.2) is 27.4 Å². The topological polar surface area (TPSA) is 80.1 Å². The van der Waals surface area contributed by atoms with Crippen LogP contribution in [0.1, 0.15) is 25.2 Å². The third kappa shape index (κ3) is 1.99. The molecular formula is C16H17N3O3. The molecule has 1 aromatic carbocycles. The van der Waals surface area contributed by atoms with Gasteiger partial charge in [-0.3, -0.25) is 4.79 Å². The van der Waals surface area contributed by atoms with Gasteiger partial charge in [0.1, 0.15) is 22.7 Å². The number of hydrogen-bond acceptors (Lipinski definition) is 5. The molecule has 1 aliphatic rings. The minimum atomic E-state index is -0.239. The first-order valence-corrected chi connectivity index (χ1v) is 7.39. The van der Waals surface area contributed by atoms with Crippen molar-refractivity contribution in [1.29, 1.82) is 0 Å². The molecule has 0 radical (unpaired) electrons. The Morgan fingerprint density at radius 2 is 2.27 bits per heavy atom. The van der Waals surface area contributed by atoms with E-state index in [1.807, 2.05) is 6.07 Å². The van der Waals surface area contributed by atoms with Crippen LogP contribution in [0, 0.1) is 5.92 Å². The molecule has 0 amide bonds. The fourth-order valence-corrected chi connectivity index (χ4v) is 3.06. The van der Waals surface area contributed by atoms with Gasteiger partial charge in [0.05, 0.1) is 18.5 Å². The molecule has 3 heterocycles. The Morgan fingerprint density at radius 1 is 1.41 bits per heavy atom. The summed E-state index contributed by atoms with van der Waals surface area (Å²) in [5, 5.41) is 4.19. The molecule has 1 aliphatic heterocycles. The van der Waals surface area contributed by atoms with Crippen LogP contribution in [0.4, 0.5) is 0 Å². The number of aromatic amines is 1. The second kappa shape index (κ2) is 4.84. The molecule has 22 heavy (non-hydrogen) atoms. The predicted molar refractivity (Wildman–Crippen MR) is 83.2 cm³/mol. The monoisotopic (exact) mass is 299 g/mol. The molecule has 0 bridgehead atoms. The summed E-state index contributed by atoms with van der Waals surface area (Å²) < 4.78 is 10.9. The van der Waals surface area contributed by atoms with Gasteiger partial charge in [0.25, 0.3) is 5.56 Å². The van der Waals surface area contributed by atoms with Crippen molar-refractivity contribution in [2.24, 2.45) is 5.92 Å². The zero-order valence-electron chi connectivity index (χ0n) is 12.5. The number of benzene rings is 1. The summed E-state index contributed by atoms with van der Waals surface area (Å²) in [4.78, 5) is 19.8. The fraction of sp³-hybridized carbons (Fsp3) is 0.375. The van der Waals surface area contributed by atoms with Crippen molar-refractivity contribution in [2.45, 2.75) is 19.4 Å². The Hall–Kier alpha value is -2.34. The van der Waals surface area contributed by atoms with Crippen molar-refractivity contribution in [2.75, 3.05) is 13.7 Å². The van der Waals surface area contributed by atoms with Crippen LogP contribution in [-0.4, -0.2) is 23.6 Å². The molecule has 0 unspecified atom stereocenters. The lowest BCUT2D eigenvalue weighted by Crippen LogP contribution is -2.20. The Balaban J connectivity index is 1.94. The Kier molecular flexibility index (Phi) is 2.94. The van der Waals surface area contributed by atoms with Gasteiger partial charge in [0.2, 0.25) is 5.58 Å². The number of nitrogens with one attached hydrogen (secondary N) is 2. The predicted octanol–water partition coefficient (Wildman–Crippen LogP) is 2.35. The second-order valence-electron chi connectivity index (χ2n) is 5.89. The number of furan rings is 1. The van der Waals surface area contributed by atoms with Crippen LogP contribution in [0.5, 0.6) is 5.75 Å². The summed E-state index contributed by atoms with van der Waals surface area (Å²) in [6.07, 6.45) is 0.966. The smallest absolute Gasteiger partial charge is 0.294 e.